The van der Waals surface area contributed by atoms with Crippen molar-refractivity contribution in [1.29, 1.82) is 0 Å². The minimum absolute atomic E-state index is 0.135. The Bertz CT molecular complexity index is 421. The highest BCUT2D eigenvalue weighted by Crippen LogP contribution is 2.12. The van der Waals surface area contributed by atoms with Crippen LogP contribution >= 0.6 is 0 Å². The molecule has 0 radical (unpaired) electrons. The van der Waals surface area contributed by atoms with E-state index in [-0.39, 0.29) is 18.4 Å². The molecule has 0 aromatic carbocycles. The number of nitrogens with two attached hydrogens (primary N) is 1. The highest BCUT2D eigenvalue weighted by molar-refractivity contribution is 5.74. The van der Waals surface area contributed by atoms with Gasteiger partial charge in [-0.1, -0.05) is 0 Å². The molecule has 1 amide bonds. The lowest BCUT2D eigenvalue weighted by Gasteiger charge is -2.15. The molecule has 8 nitrogen and oxygen atoms in total. The maximum atomic E-state index is 10.8. The summed E-state index contributed by atoms with van der Waals surface area (Å²) in [6, 6.07) is -0.135. The molecule has 1 rings (SSSR count). The first-order valence-corrected chi connectivity index (χ1v) is 5.58. The Morgan fingerprint density at radius 2 is 1.94 bits per heavy atom. The molecule has 4 N–H and O–H groups in total. The number of carbonyl (C=O) groups is 1. The SMILES string of the molecule is CNc1nc(NC(C)CC(N)=O)nc(N(C)C)n1. The van der Waals surface area contributed by atoms with Gasteiger partial charge in [0, 0.05) is 33.6 Å². The Morgan fingerprint density at radius 1 is 1.33 bits per heavy atom. The van der Waals surface area contributed by atoms with Gasteiger partial charge in [0.25, 0.3) is 0 Å². The average molecular weight is 253 g/mol. The van der Waals surface area contributed by atoms with E-state index in [0.717, 1.165) is 0 Å². The maximum Gasteiger partial charge on any atom is 0.231 e. The fourth-order valence-corrected chi connectivity index (χ4v) is 1.31. The number of amides is 1. The van der Waals surface area contributed by atoms with Crippen molar-refractivity contribution in [2.45, 2.75) is 19.4 Å². The second-order valence-corrected chi connectivity index (χ2v) is 4.14. The van der Waals surface area contributed by atoms with Gasteiger partial charge in [0.15, 0.2) is 0 Å². The standard InChI is InChI=1S/C10H19N7O/c1-6(5-7(11)18)13-9-14-8(12-2)15-10(16-9)17(3)4/h6H,5H2,1-4H3,(H2,11,18)(H2,12,13,14,15,16). The van der Waals surface area contributed by atoms with Gasteiger partial charge in [-0.05, 0) is 6.92 Å². The van der Waals surface area contributed by atoms with Crippen LogP contribution in [0, 0.1) is 0 Å². The largest absolute Gasteiger partial charge is 0.370 e. The summed E-state index contributed by atoms with van der Waals surface area (Å²) in [7, 11) is 5.40. The number of aromatic nitrogens is 3. The molecular weight excluding hydrogens is 234 g/mol. The van der Waals surface area contributed by atoms with Crippen molar-refractivity contribution in [3.8, 4) is 0 Å². The summed E-state index contributed by atoms with van der Waals surface area (Å²) in [4.78, 5) is 25.1. The predicted octanol–water partition coefficient (Wildman–Crippen LogP) is -0.345. The van der Waals surface area contributed by atoms with Gasteiger partial charge < -0.3 is 21.3 Å². The van der Waals surface area contributed by atoms with Gasteiger partial charge in [0.2, 0.25) is 23.8 Å². The van der Waals surface area contributed by atoms with Crippen LogP contribution < -0.4 is 21.3 Å². The van der Waals surface area contributed by atoms with E-state index in [1.807, 2.05) is 21.0 Å². The Labute approximate surface area is 106 Å². The Balaban J connectivity index is 2.87. The molecular formula is C10H19N7O. The monoisotopic (exact) mass is 253 g/mol. The zero-order chi connectivity index (χ0) is 13.7. The van der Waals surface area contributed by atoms with Crippen molar-refractivity contribution in [2.24, 2.45) is 5.73 Å². The predicted molar refractivity (Wildman–Crippen MR) is 70.6 cm³/mol. The van der Waals surface area contributed by atoms with E-state index >= 15 is 0 Å². The number of rotatable bonds is 6. The Kier molecular flexibility index (Phi) is 4.64. The summed E-state index contributed by atoms with van der Waals surface area (Å²) in [6.07, 6.45) is 0.220. The van der Waals surface area contributed by atoms with Crippen LogP contribution in [0.25, 0.3) is 0 Å². The summed E-state index contributed by atoms with van der Waals surface area (Å²) in [6.45, 7) is 1.84. The number of nitrogens with zero attached hydrogens (tertiary/aromatic N) is 4. The second-order valence-electron chi connectivity index (χ2n) is 4.14. The lowest BCUT2D eigenvalue weighted by molar-refractivity contribution is -0.118. The molecule has 1 aromatic rings. The molecule has 100 valence electrons. The minimum atomic E-state index is -0.370. The molecule has 1 unspecified atom stereocenters. The number of primary amides is 1. The minimum Gasteiger partial charge on any atom is -0.370 e. The Morgan fingerprint density at radius 3 is 2.44 bits per heavy atom. The van der Waals surface area contributed by atoms with E-state index < -0.39 is 0 Å². The molecule has 8 heteroatoms. The zero-order valence-corrected chi connectivity index (χ0v) is 11.1. The van der Waals surface area contributed by atoms with Crippen LogP contribution in [0.3, 0.4) is 0 Å². The number of anilines is 3. The highest BCUT2D eigenvalue weighted by Gasteiger charge is 2.11. The van der Waals surface area contributed by atoms with E-state index in [1.165, 1.54) is 0 Å². The van der Waals surface area contributed by atoms with E-state index in [9.17, 15) is 4.79 Å². The van der Waals surface area contributed by atoms with Gasteiger partial charge in [-0.25, -0.2) is 0 Å². The summed E-state index contributed by atoms with van der Waals surface area (Å²) < 4.78 is 0. The lowest BCUT2D eigenvalue weighted by Crippen LogP contribution is -2.25. The van der Waals surface area contributed by atoms with Crippen molar-refractivity contribution in [1.82, 2.24) is 15.0 Å². The van der Waals surface area contributed by atoms with Gasteiger partial charge in [-0.2, -0.15) is 15.0 Å². The third kappa shape index (κ3) is 4.04. The molecule has 1 atom stereocenters. The van der Waals surface area contributed by atoms with Crippen LogP contribution in [-0.2, 0) is 4.79 Å². The van der Waals surface area contributed by atoms with E-state index in [4.69, 9.17) is 5.73 Å². The summed E-state index contributed by atoms with van der Waals surface area (Å²) in [5, 5.41) is 5.87. The van der Waals surface area contributed by atoms with E-state index in [0.29, 0.717) is 17.8 Å². The molecule has 0 aliphatic heterocycles. The topological polar surface area (TPSA) is 109 Å². The number of nitrogens with one attached hydrogen (secondary N) is 2. The fourth-order valence-electron chi connectivity index (χ4n) is 1.31. The van der Waals surface area contributed by atoms with Crippen molar-refractivity contribution >= 4 is 23.8 Å². The highest BCUT2D eigenvalue weighted by atomic mass is 16.1. The number of hydrogen-bond acceptors (Lipinski definition) is 7. The molecule has 18 heavy (non-hydrogen) atoms. The average Bonchev–Trinajstić information content (AvgIpc) is 2.27. The quantitative estimate of drug-likeness (QED) is 0.636. The summed E-state index contributed by atoms with van der Waals surface area (Å²) >= 11 is 0. The van der Waals surface area contributed by atoms with Crippen molar-refractivity contribution < 1.29 is 4.79 Å². The molecule has 0 spiro atoms. The fraction of sp³-hybridized carbons (Fsp3) is 0.600. The van der Waals surface area contributed by atoms with Crippen LogP contribution in [0.1, 0.15) is 13.3 Å². The number of hydrogen-bond donors (Lipinski definition) is 3. The third-order valence-electron chi connectivity index (χ3n) is 2.13. The maximum absolute atomic E-state index is 10.8. The van der Waals surface area contributed by atoms with Crippen LogP contribution in [-0.4, -0.2) is 48.0 Å². The summed E-state index contributed by atoms with van der Waals surface area (Å²) in [5.41, 5.74) is 5.13. The molecule has 0 saturated carbocycles. The second kappa shape index (κ2) is 5.99. The normalized spacial score (nSPS) is 11.8. The van der Waals surface area contributed by atoms with Gasteiger partial charge in [-0.15, -0.1) is 0 Å². The van der Waals surface area contributed by atoms with Gasteiger partial charge in [0.1, 0.15) is 0 Å². The van der Waals surface area contributed by atoms with Gasteiger partial charge in [0.05, 0.1) is 0 Å². The molecule has 0 aliphatic rings. The zero-order valence-electron chi connectivity index (χ0n) is 11.1. The van der Waals surface area contributed by atoms with Crippen molar-refractivity contribution in [3.63, 3.8) is 0 Å². The van der Waals surface area contributed by atoms with Crippen molar-refractivity contribution in [3.05, 3.63) is 0 Å². The Hall–Kier alpha value is -2.12. The van der Waals surface area contributed by atoms with Crippen molar-refractivity contribution in [2.75, 3.05) is 36.7 Å². The molecule has 0 fully saturated rings. The van der Waals surface area contributed by atoms with E-state index in [1.54, 1.807) is 11.9 Å². The first-order chi connectivity index (χ1) is 8.42. The first-order valence-electron chi connectivity index (χ1n) is 5.58. The van der Waals surface area contributed by atoms with Crippen LogP contribution in [0.2, 0.25) is 0 Å². The van der Waals surface area contributed by atoms with Gasteiger partial charge >= 0.3 is 0 Å². The molecule has 0 saturated heterocycles. The summed E-state index contributed by atoms with van der Waals surface area (Å²) in [5.74, 6) is 1.03. The number of carbonyl (C=O) groups excluding carboxylic acids is 1. The van der Waals surface area contributed by atoms with Crippen LogP contribution in [0.15, 0.2) is 0 Å². The van der Waals surface area contributed by atoms with Crippen LogP contribution in [0.5, 0.6) is 0 Å². The molecule has 1 heterocycles. The van der Waals surface area contributed by atoms with E-state index in [2.05, 4.69) is 25.6 Å². The first kappa shape index (κ1) is 13.9. The smallest absolute Gasteiger partial charge is 0.231 e. The molecule has 0 bridgehead atoms. The molecule has 0 aliphatic carbocycles. The molecule has 1 aromatic heterocycles. The lowest BCUT2D eigenvalue weighted by atomic mass is 10.2. The van der Waals surface area contributed by atoms with Crippen LogP contribution in [0.4, 0.5) is 17.8 Å². The van der Waals surface area contributed by atoms with Gasteiger partial charge in [-0.3, -0.25) is 4.79 Å². The third-order valence-corrected chi connectivity index (χ3v) is 2.13.